The molecule has 0 aliphatic rings. The summed E-state index contributed by atoms with van der Waals surface area (Å²) >= 11 is 3.43. The standard InChI is InChI=1S/C22H25BrN2O3/c1-14-12-16(23)13-18-19(24-27)21(26)25(20(14)18)10-5-11-28-17-8-6-15(7-9-17)22(2,3)4/h6-9,12-13,26H,5,10-11H2,1-4H3. The molecule has 2 aromatic carbocycles. The van der Waals surface area contributed by atoms with Crippen LogP contribution in [0.15, 0.2) is 46.0 Å². The molecule has 0 unspecified atom stereocenters. The summed E-state index contributed by atoms with van der Waals surface area (Å²) < 4.78 is 8.43. The minimum Gasteiger partial charge on any atom is -0.494 e. The van der Waals surface area contributed by atoms with Crippen LogP contribution < -0.4 is 4.74 Å². The van der Waals surface area contributed by atoms with E-state index in [-0.39, 0.29) is 17.0 Å². The Kier molecular flexibility index (Phi) is 5.79. The number of aryl methyl sites for hydroxylation is 2. The quantitative estimate of drug-likeness (QED) is 0.344. The summed E-state index contributed by atoms with van der Waals surface area (Å²) in [4.78, 5) is 11.2. The monoisotopic (exact) mass is 444 g/mol. The number of nitrogens with zero attached hydrogens (tertiary/aromatic N) is 2. The number of hydrogen-bond donors (Lipinski definition) is 1. The molecule has 1 heterocycles. The van der Waals surface area contributed by atoms with E-state index in [0.29, 0.717) is 25.0 Å². The van der Waals surface area contributed by atoms with E-state index in [9.17, 15) is 10.0 Å². The van der Waals surface area contributed by atoms with Crippen molar-refractivity contribution in [2.75, 3.05) is 6.61 Å². The van der Waals surface area contributed by atoms with Gasteiger partial charge in [-0.1, -0.05) is 48.8 Å². The summed E-state index contributed by atoms with van der Waals surface area (Å²) in [7, 11) is 0. The van der Waals surface area contributed by atoms with Crippen LogP contribution in [0.2, 0.25) is 0 Å². The number of nitroso groups, excluding NO2 is 1. The van der Waals surface area contributed by atoms with E-state index < -0.39 is 0 Å². The molecule has 1 aromatic heterocycles. The summed E-state index contributed by atoms with van der Waals surface area (Å²) in [5.74, 6) is 0.727. The first-order chi connectivity index (χ1) is 13.2. The van der Waals surface area contributed by atoms with Crippen LogP contribution in [-0.2, 0) is 12.0 Å². The predicted molar refractivity (Wildman–Crippen MR) is 117 cm³/mol. The molecule has 0 atom stereocenters. The summed E-state index contributed by atoms with van der Waals surface area (Å²) in [5.41, 5.74) is 3.25. The Hall–Kier alpha value is -2.34. The highest BCUT2D eigenvalue weighted by atomic mass is 79.9. The van der Waals surface area contributed by atoms with Gasteiger partial charge in [0.2, 0.25) is 5.88 Å². The van der Waals surface area contributed by atoms with Crippen molar-refractivity contribution in [3.05, 3.63) is 56.9 Å². The number of aromatic hydroxyl groups is 1. The lowest BCUT2D eigenvalue weighted by Gasteiger charge is -2.19. The minimum atomic E-state index is -0.0965. The Morgan fingerprint density at radius 3 is 2.46 bits per heavy atom. The molecule has 0 spiro atoms. The van der Waals surface area contributed by atoms with E-state index in [1.54, 1.807) is 4.57 Å². The fourth-order valence-electron chi connectivity index (χ4n) is 3.40. The van der Waals surface area contributed by atoms with E-state index in [0.717, 1.165) is 21.3 Å². The van der Waals surface area contributed by atoms with Crippen LogP contribution in [0.5, 0.6) is 11.6 Å². The summed E-state index contributed by atoms with van der Waals surface area (Å²) in [6, 6.07) is 11.9. The van der Waals surface area contributed by atoms with Gasteiger partial charge in [-0.05, 0) is 59.3 Å². The van der Waals surface area contributed by atoms with Crippen molar-refractivity contribution in [2.24, 2.45) is 5.18 Å². The van der Waals surface area contributed by atoms with Gasteiger partial charge in [0.1, 0.15) is 5.75 Å². The maximum absolute atomic E-state index is 11.2. The number of ether oxygens (including phenoxy) is 1. The Morgan fingerprint density at radius 1 is 1.18 bits per heavy atom. The zero-order chi connectivity index (χ0) is 20.5. The Bertz CT molecular complexity index is 1000. The highest BCUT2D eigenvalue weighted by Gasteiger charge is 2.19. The minimum absolute atomic E-state index is 0.0816. The zero-order valence-corrected chi connectivity index (χ0v) is 18.2. The largest absolute Gasteiger partial charge is 0.494 e. The van der Waals surface area contributed by atoms with Gasteiger partial charge in [0, 0.05) is 16.4 Å². The molecule has 0 saturated carbocycles. The lowest BCUT2D eigenvalue weighted by Crippen LogP contribution is -2.10. The van der Waals surface area contributed by atoms with Crippen molar-refractivity contribution in [1.82, 2.24) is 4.57 Å². The number of rotatable bonds is 6. The van der Waals surface area contributed by atoms with Gasteiger partial charge in [0.15, 0.2) is 5.69 Å². The molecule has 0 aliphatic heterocycles. The lowest BCUT2D eigenvalue weighted by molar-refractivity contribution is 0.298. The lowest BCUT2D eigenvalue weighted by atomic mass is 9.87. The maximum Gasteiger partial charge on any atom is 0.222 e. The third-order valence-electron chi connectivity index (χ3n) is 4.86. The summed E-state index contributed by atoms with van der Waals surface area (Å²) in [5, 5.41) is 14.1. The number of aromatic nitrogens is 1. The second-order valence-electron chi connectivity index (χ2n) is 8.01. The fourth-order valence-corrected chi connectivity index (χ4v) is 3.97. The normalized spacial score (nSPS) is 11.8. The molecule has 0 amide bonds. The van der Waals surface area contributed by atoms with Crippen molar-refractivity contribution in [2.45, 2.75) is 46.1 Å². The van der Waals surface area contributed by atoms with Crippen LogP contribution in [0.4, 0.5) is 5.69 Å². The average molecular weight is 445 g/mol. The number of hydrogen-bond acceptors (Lipinski definition) is 4. The molecular formula is C22H25BrN2O3. The van der Waals surface area contributed by atoms with Crippen LogP contribution >= 0.6 is 15.9 Å². The first-order valence-corrected chi connectivity index (χ1v) is 10.1. The average Bonchev–Trinajstić information content (AvgIpc) is 2.89. The van der Waals surface area contributed by atoms with Gasteiger partial charge in [-0.15, -0.1) is 4.91 Å². The van der Waals surface area contributed by atoms with Crippen molar-refractivity contribution >= 4 is 32.5 Å². The van der Waals surface area contributed by atoms with Gasteiger partial charge in [0.25, 0.3) is 0 Å². The predicted octanol–water partition coefficient (Wildman–Crippen LogP) is 6.58. The first kappa shape index (κ1) is 20.4. The van der Waals surface area contributed by atoms with Crippen molar-refractivity contribution < 1.29 is 9.84 Å². The molecule has 3 rings (SSSR count). The molecular weight excluding hydrogens is 420 g/mol. The molecule has 148 valence electrons. The van der Waals surface area contributed by atoms with E-state index in [2.05, 4.69) is 54.0 Å². The molecule has 0 bridgehead atoms. The van der Waals surface area contributed by atoms with Gasteiger partial charge in [-0.3, -0.25) is 0 Å². The second kappa shape index (κ2) is 7.95. The van der Waals surface area contributed by atoms with Crippen molar-refractivity contribution in [3.8, 4) is 11.6 Å². The summed E-state index contributed by atoms with van der Waals surface area (Å²) in [6.07, 6.45) is 0.687. The maximum atomic E-state index is 11.2. The summed E-state index contributed by atoms with van der Waals surface area (Å²) in [6.45, 7) is 9.53. The van der Waals surface area contributed by atoms with E-state index in [4.69, 9.17) is 4.74 Å². The molecule has 3 aromatic rings. The van der Waals surface area contributed by atoms with Crippen LogP contribution in [-0.4, -0.2) is 16.3 Å². The number of fused-ring (bicyclic) bond motifs is 1. The first-order valence-electron chi connectivity index (χ1n) is 9.30. The molecule has 0 aliphatic carbocycles. The molecule has 28 heavy (non-hydrogen) atoms. The van der Waals surface area contributed by atoms with Gasteiger partial charge in [-0.2, -0.15) is 0 Å². The van der Waals surface area contributed by atoms with Crippen LogP contribution in [0, 0.1) is 11.8 Å². The molecule has 1 N–H and O–H groups in total. The van der Waals surface area contributed by atoms with E-state index in [1.807, 2.05) is 31.2 Å². The van der Waals surface area contributed by atoms with E-state index >= 15 is 0 Å². The van der Waals surface area contributed by atoms with Gasteiger partial charge >= 0.3 is 0 Å². The van der Waals surface area contributed by atoms with Gasteiger partial charge in [-0.25, -0.2) is 0 Å². The molecule has 5 nitrogen and oxygen atoms in total. The Balaban J connectivity index is 1.71. The van der Waals surface area contributed by atoms with Gasteiger partial charge in [0.05, 0.1) is 12.1 Å². The van der Waals surface area contributed by atoms with Crippen molar-refractivity contribution in [3.63, 3.8) is 0 Å². The highest BCUT2D eigenvalue weighted by Crippen LogP contribution is 2.41. The van der Waals surface area contributed by atoms with Gasteiger partial charge < -0.3 is 14.4 Å². The molecule has 0 fully saturated rings. The fraction of sp³-hybridized carbons (Fsp3) is 0.364. The number of benzene rings is 2. The molecule has 0 saturated heterocycles. The number of halogens is 1. The van der Waals surface area contributed by atoms with Crippen LogP contribution in [0.25, 0.3) is 10.9 Å². The van der Waals surface area contributed by atoms with E-state index in [1.165, 1.54) is 5.56 Å². The Morgan fingerprint density at radius 2 is 1.86 bits per heavy atom. The van der Waals surface area contributed by atoms with Crippen LogP contribution in [0.3, 0.4) is 0 Å². The second-order valence-corrected chi connectivity index (χ2v) is 8.93. The highest BCUT2D eigenvalue weighted by molar-refractivity contribution is 9.10. The van der Waals surface area contributed by atoms with Crippen molar-refractivity contribution in [1.29, 1.82) is 0 Å². The Labute approximate surface area is 173 Å². The smallest absolute Gasteiger partial charge is 0.222 e. The third kappa shape index (κ3) is 4.07. The molecule has 6 heteroatoms. The van der Waals surface area contributed by atoms with Crippen LogP contribution in [0.1, 0.15) is 38.3 Å². The third-order valence-corrected chi connectivity index (χ3v) is 5.32. The molecule has 0 radical (unpaired) electrons. The zero-order valence-electron chi connectivity index (χ0n) is 16.6. The SMILES string of the molecule is Cc1cc(Br)cc2c(N=O)c(O)n(CCCOc3ccc(C(C)(C)C)cc3)c12. The topological polar surface area (TPSA) is 63.8 Å².